The summed E-state index contributed by atoms with van der Waals surface area (Å²) in [6, 6.07) is 6.61. The average molecular weight is 489 g/mol. The van der Waals surface area contributed by atoms with Crippen LogP contribution in [0.15, 0.2) is 24.3 Å². The van der Waals surface area contributed by atoms with E-state index in [4.69, 9.17) is 21.1 Å². The molecule has 7 nitrogen and oxygen atoms in total. The predicted molar refractivity (Wildman–Crippen MR) is 126 cm³/mol. The molecular weight excluding hydrogens is 455 g/mol. The molecule has 0 radical (unpaired) electrons. The molecule has 2 rings (SSSR count). The lowest BCUT2D eigenvalue weighted by Gasteiger charge is -2.43. The van der Waals surface area contributed by atoms with Gasteiger partial charge in [0.1, 0.15) is 11.6 Å². The first-order chi connectivity index (χ1) is 14.7. The molecule has 1 amide bonds. The zero-order valence-electron chi connectivity index (χ0n) is 19.4. The highest BCUT2D eigenvalue weighted by Gasteiger charge is 2.48. The van der Waals surface area contributed by atoms with Gasteiger partial charge in [-0.25, -0.2) is 4.79 Å². The molecule has 9 heteroatoms. The van der Waals surface area contributed by atoms with Gasteiger partial charge in [0.05, 0.1) is 0 Å². The van der Waals surface area contributed by atoms with E-state index in [0.717, 1.165) is 19.3 Å². The Hall–Kier alpha value is -1.83. The van der Waals surface area contributed by atoms with Gasteiger partial charge in [0.15, 0.2) is 5.78 Å². The van der Waals surface area contributed by atoms with Gasteiger partial charge in [-0.1, -0.05) is 50.1 Å². The highest BCUT2D eigenvalue weighted by Crippen LogP contribution is 2.42. The number of hydrogen-bond acceptors (Lipinski definition) is 6. The molecule has 0 aliphatic heterocycles. The maximum Gasteiger partial charge on any atom is 0.413 e. The van der Waals surface area contributed by atoms with Crippen LogP contribution in [0.3, 0.4) is 0 Å². The number of hydrogen-bond donors (Lipinski definition) is 0. The molecule has 1 aromatic rings. The van der Waals surface area contributed by atoms with Crippen LogP contribution in [0.2, 0.25) is 5.02 Å². The van der Waals surface area contributed by atoms with Crippen molar-refractivity contribution in [1.82, 2.24) is 9.80 Å². The first-order valence-electron chi connectivity index (χ1n) is 10.7. The lowest BCUT2D eigenvalue weighted by molar-refractivity contribution is -0.160. The number of carbonyl (C=O) groups excluding carboxylic acids is 3. The van der Waals surface area contributed by atoms with Crippen molar-refractivity contribution in [2.24, 2.45) is 5.92 Å². The van der Waals surface area contributed by atoms with E-state index in [1.54, 1.807) is 43.3 Å². The highest BCUT2D eigenvalue weighted by molar-refractivity contribution is 6.31. The lowest BCUT2D eigenvalue weighted by Crippen LogP contribution is -2.54. The summed E-state index contributed by atoms with van der Waals surface area (Å²) < 4.78 is 10.5. The van der Waals surface area contributed by atoms with Crippen LogP contribution in [0.25, 0.3) is 0 Å². The Labute approximate surface area is 201 Å². The van der Waals surface area contributed by atoms with Gasteiger partial charge in [-0.05, 0) is 45.3 Å². The monoisotopic (exact) mass is 488 g/mol. The molecule has 1 aliphatic rings. The first-order valence-corrected chi connectivity index (χ1v) is 11.1. The standard InChI is InChI=1S/C23H33ClN2O5.ClH/c1-6-16(2)20(25(3)4)21(28)30-15-31-22(29)26(5)23(14-10-9-13-19(23)27)17-11-7-8-12-18(17)24;/h7-8,11-12,16,20H,6,9-10,13-15H2,1-5H3;1H/t16-,20+,23+;/m1./s1. The SMILES string of the molecule is CC[C@@H](C)[C@@H](C(=O)OCOC(=O)N(C)[C@]1(c2ccccc2Cl)CCCCC1=O)N(C)C.Cl. The molecule has 1 aliphatic carbocycles. The van der Waals surface area contributed by atoms with Gasteiger partial charge in [0.2, 0.25) is 6.79 Å². The molecule has 0 bridgehead atoms. The highest BCUT2D eigenvalue weighted by atomic mass is 35.5. The topological polar surface area (TPSA) is 76.1 Å². The van der Waals surface area contributed by atoms with E-state index >= 15 is 0 Å². The number of nitrogens with zero attached hydrogens (tertiary/aromatic N) is 2. The van der Waals surface area contributed by atoms with Gasteiger partial charge in [-0.2, -0.15) is 0 Å². The van der Waals surface area contributed by atoms with E-state index in [0.29, 0.717) is 23.4 Å². The van der Waals surface area contributed by atoms with Crippen molar-refractivity contribution in [3.05, 3.63) is 34.9 Å². The summed E-state index contributed by atoms with van der Waals surface area (Å²) in [5.74, 6) is -0.443. The Morgan fingerprint density at radius 2 is 1.81 bits per heavy atom. The summed E-state index contributed by atoms with van der Waals surface area (Å²) in [4.78, 5) is 41.5. The summed E-state index contributed by atoms with van der Waals surface area (Å²) in [5.41, 5.74) is -0.608. The van der Waals surface area contributed by atoms with Crippen LogP contribution in [-0.4, -0.2) is 61.6 Å². The minimum Gasteiger partial charge on any atom is -0.427 e. The summed E-state index contributed by atoms with van der Waals surface area (Å²) in [7, 11) is 5.14. The van der Waals surface area contributed by atoms with Gasteiger partial charge in [0, 0.05) is 24.1 Å². The van der Waals surface area contributed by atoms with Crippen LogP contribution in [0.4, 0.5) is 4.79 Å². The molecule has 0 heterocycles. The summed E-state index contributed by atoms with van der Waals surface area (Å²) in [5, 5.41) is 0.422. The maximum atomic E-state index is 13.1. The van der Waals surface area contributed by atoms with Crippen LogP contribution in [-0.2, 0) is 24.6 Å². The Kier molecular flexibility index (Phi) is 10.9. The maximum absolute atomic E-state index is 13.1. The van der Waals surface area contributed by atoms with Gasteiger partial charge in [0.25, 0.3) is 0 Å². The predicted octanol–water partition coefficient (Wildman–Crippen LogP) is 4.65. The van der Waals surface area contributed by atoms with Gasteiger partial charge < -0.3 is 9.47 Å². The fourth-order valence-electron chi connectivity index (χ4n) is 4.28. The fourth-order valence-corrected chi connectivity index (χ4v) is 4.57. The number of ether oxygens (including phenoxy) is 2. The molecule has 1 aromatic carbocycles. The lowest BCUT2D eigenvalue weighted by atomic mass is 9.74. The van der Waals surface area contributed by atoms with Crippen LogP contribution in [0.1, 0.15) is 51.5 Å². The minimum atomic E-state index is -1.19. The molecule has 1 saturated carbocycles. The van der Waals surface area contributed by atoms with Crippen molar-refractivity contribution in [2.75, 3.05) is 27.9 Å². The van der Waals surface area contributed by atoms with Crippen molar-refractivity contribution in [3.8, 4) is 0 Å². The van der Waals surface area contributed by atoms with Gasteiger partial charge >= 0.3 is 12.1 Å². The summed E-state index contributed by atoms with van der Waals surface area (Å²) >= 11 is 6.41. The van der Waals surface area contributed by atoms with Crippen molar-refractivity contribution in [3.63, 3.8) is 0 Å². The van der Waals surface area contributed by atoms with Crippen LogP contribution in [0.5, 0.6) is 0 Å². The third-order valence-corrected chi connectivity index (χ3v) is 6.51. The molecule has 0 N–H and O–H groups in total. The van der Waals surface area contributed by atoms with Crippen molar-refractivity contribution < 1.29 is 23.9 Å². The molecule has 0 unspecified atom stereocenters. The molecule has 0 saturated heterocycles. The van der Waals surface area contributed by atoms with E-state index in [2.05, 4.69) is 0 Å². The van der Waals surface area contributed by atoms with E-state index < -0.39 is 30.4 Å². The van der Waals surface area contributed by atoms with E-state index in [-0.39, 0.29) is 24.1 Å². The number of rotatable bonds is 8. The van der Waals surface area contributed by atoms with Gasteiger partial charge in [-0.3, -0.25) is 19.4 Å². The largest absolute Gasteiger partial charge is 0.427 e. The second-order valence-corrected chi connectivity index (χ2v) is 8.72. The number of ketones is 1. The molecule has 32 heavy (non-hydrogen) atoms. The van der Waals surface area contributed by atoms with Crippen LogP contribution in [0, 0.1) is 5.92 Å². The van der Waals surface area contributed by atoms with Crippen molar-refractivity contribution >= 4 is 41.9 Å². The summed E-state index contributed by atoms with van der Waals surface area (Å²) in [6.07, 6.45) is 2.43. The Morgan fingerprint density at radius 1 is 1.16 bits per heavy atom. The quantitative estimate of drug-likeness (QED) is 0.391. The number of benzene rings is 1. The van der Waals surface area contributed by atoms with E-state index in [9.17, 15) is 14.4 Å². The number of likely N-dealkylation sites (N-methyl/N-ethyl adjacent to an activating group) is 2. The minimum absolute atomic E-state index is 0. The third kappa shape index (κ3) is 5.94. The molecular formula is C23H34Cl2N2O5. The molecule has 0 spiro atoms. The second kappa shape index (κ2) is 12.4. The van der Waals surface area contributed by atoms with E-state index in [1.165, 1.54) is 11.9 Å². The first kappa shape index (κ1) is 28.2. The van der Waals surface area contributed by atoms with Crippen LogP contribution < -0.4 is 0 Å². The van der Waals surface area contributed by atoms with Crippen LogP contribution >= 0.6 is 24.0 Å². The normalized spacial score (nSPS) is 20.2. The number of halogens is 2. The third-order valence-electron chi connectivity index (χ3n) is 6.18. The van der Waals surface area contributed by atoms with E-state index in [1.807, 2.05) is 13.8 Å². The smallest absolute Gasteiger partial charge is 0.413 e. The Balaban J connectivity index is 0.00000512. The van der Waals surface area contributed by atoms with Crippen molar-refractivity contribution in [2.45, 2.75) is 57.5 Å². The fraction of sp³-hybridized carbons (Fsp3) is 0.609. The Morgan fingerprint density at radius 3 is 2.38 bits per heavy atom. The molecule has 180 valence electrons. The zero-order chi connectivity index (χ0) is 23.2. The Bertz CT molecular complexity index is 804. The average Bonchev–Trinajstić information content (AvgIpc) is 2.74. The molecule has 0 aromatic heterocycles. The summed E-state index contributed by atoms with van der Waals surface area (Å²) in [6.45, 7) is 3.45. The zero-order valence-corrected chi connectivity index (χ0v) is 21.0. The van der Waals surface area contributed by atoms with Crippen molar-refractivity contribution in [1.29, 1.82) is 0 Å². The number of esters is 1. The number of Topliss-reactive ketones (excluding diaryl/α,β-unsaturated/α-hetero) is 1. The molecule has 1 fully saturated rings. The number of carbonyl (C=O) groups is 3. The number of amides is 1. The second-order valence-electron chi connectivity index (χ2n) is 8.31. The molecule has 3 atom stereocenters. The van der Waals surface area contributed by atoms with Gasteiger partial charge in [-0.15, -0.1) is 12.4 Å².